The summed E-state index contributed by atoms with van der Waals surface area (Å²) in [4.78, 5) is 45.8. The highest BCUT2D eigenvalue weighted by molar-refractivity contribution is 6.16. The van der Waals surface area contributed by atoms with Gasteiger partial charge in [0.25, 0.3) is 0 Å². The molecule has 0 aliphatic carbocycles. The molecule has 7 rings (SSSR count). The number of nitrogens with zero attached hydrogens (tertiary/aromatic N) is 1. The number of halogens is 1. The first-order chi connectivity index (χ1) is 20.9. The number of fused-ring (bicyclic) bond motifs is 6. The number of carbonyl (C=O) groups excluding carboxylic acids is 3. The van der Waals surface area contributed by atoms with E-state index in [0.29, 0.717) is 22.7 Å². The number of nitrogens with one attached hydrogen (secondary N) is 1. The van der Waals surface area contributed by atoms with E-state index in [1.165, 1.54) is 38.5 Å². The zero-order valence-corrected chi connectivity index (χ0v) is 23.4. The fraction of sp³-hybridized carbons (Fsp3) is 0.171. The highest BCUT2D eigenvalue weighted by atomic mass is 19.1. The SMILES string of the molecule is COc1ccc(C(=O)[C@@H]2[C@@H](C(=O)c3ccc(F)cc3)N3C=Cc4ccccc4[C@@H]3[C@]23C(=O)Nc2ccccc23)cc1OC. The summed E-state index contributed by atoms with van der Waals surface area (Å²) < 4.78 is 24.8. The van der Waals surface area contributed by atoms with Crippen LogP contribution in [0.3, 0.4) is 0 Å². The summed E-state index contributed by atoms with van der Waals surface area (Å²) >= 11 is 0. The van der Waals surface area contributed by atoms with Crippen LogP contribution in [-0.4, -0.2) is 42.6 Å². The van der Waals surface area contributed by atoms with Gasteiger partial charge in [0.05, 0.1) is 26.2 Å². The van der Waals surface area contributed by atoms with E-state index in [0.717, 1.165) is 11.1 Å². The molecule has 1 fully saturated rings. The monoisotopic (exact) mass is 574 g/mol. The third-order valence-electron chi connectivity index (χ3n) is 8.92. The number of anilines is 1. The van der Waals surface area contributed by atoms with Gasteiger partial charge in [0.15, 0.2) is 23.1 Å². The smallest absolute Gasteiger partial charge is 0.238 e. The Bertz CT molecular complexity index is 1830. The average Bonchev–Trinajstić information content (AvgIpc) is 3.52. The first kappa shape index (κ1) is 26.6. The van der Waals surface area contributed by atoms with Crippen LogP contribution in [0.5, 0.6) is 11.5 Å². The van der Waals surface area contributed by atoms with Crippen molar-refractivity contribution in [3.05, 3.63) is 131 Å². The maximum absolute atomic E-state index is 14.9. The Morgan fingerprint density at radius 1 is 0.837 bits per heavy atom. The van der Waals surface area contributed by atoms with Crippen molar-refractivity contribution in [3.8, 4) is 11.5 Å². The van der Waals surface area contributed by atoms with Crippen molar-refractivity contribution in [2.45, 2.75) is 17.5 Å². The number of amides is 1. The normalized spacial score (nSPS) is 22.9. The van der Waals surface area contributed by atoms with E-state index < -0.39 is 35.0 Å². The number of carbonyl (C=O) groups is 3. The van der Waals surface area contributed by atoms with Crippen LogP contribution in [0.15, 0.2) is 97.2 Å². The molecule has 4 atom stereocenters. The van der Waals surface area contributed by atoms with Gasteiger partial charge >= 0.3 is 0 Å². The van der Waals surface area contributed by atoms with Crippen molar-refractivity contribution in [3.63, 3.8) is 0 Å². The fourth-order valence-electron chi connectivity index (χ4n) is 7.12. The van der Waals surface area contributed by atoms with Gasteiger partial charge in [0, 0.05) is 23.0 Å². The largest absolute Gasteiger partial charge is 0.493 e. The second-order valence-corrected chi connectivity index (χ2v) is 10.9. The van der Waals surface area contributed by atoms with Gasteiger partial charge in [0.1, 0.15) is 17.3 Å². The van der Waals surface area contributed by atoms with Crippen molar-refractivity contribution in [2.75, 3.05) is 19.5 Å². The lowest BCUT2D eigenvalue weighted by atomic mass is 9.62. The van der Waals surface area contributed by atoms with Crippen LogP contribution in [-0.2, 0) is 10.2 Å². The summed E-state index contributed by atoms with van der Waals surface area (Å²) in [5.41, 5.74) is 2.01. The minimum atomic E-state index is -1.47. The summed E-state index contributed by atoms with van der Waals surface area (Å²) in [6.07, 6.45) is 3.70. The van der Waals surface area contributed by atoms with Gasteiger partial charge in [-0.2, -0.15) is 0 Å². The van der Waals surface area contributed by atoms with Crippen LogP contribution in [0, 0.1) is 11.7 Å². The summed E-state index contributed by atoms with van der Waals surface area (Å²) in [6.45, 7) is 0. The number of benzene rings is 4. The van der Waals surface area contributed by atoms with Gasteiger partial charge < -0.3 is 19.7 Å². The molecule has 1 amide bonds. The molecule has 7 nitrogen and oxygen atoms in total. The van der Waals surface area contributed by atoms with Crippen LogP contribution < -0.4 is 14.8 Å². The van der Waals surface area contributed by atoms with Crippen molar-refractivity contribution in [1.82, 2.24) is 4.90 Å². The molecular formula is C35H27FN2O5. The molecule has 0 bridgehead atoms. The number of ketones is 2. The Balaban J connectivity index is 1.52. The van der Waals surface area contributed by atoms with Crippen LogP contribution >= 0.6 is 0 Å². The van der Waals surface area contributed by atoms with Gasteiger partial charge in [-0.1, -0.05) is 42.5 Å². The third kappa shape index (κ3) is 3.75. The second kappa shape index (κ2) is 9.94. The van der Waals surface area contributed by atoms with Gasteiger partial charge in [-0.15, -0.1) is 0 Å². The number of Topliss-reactive ketones (excluding diaryl/α,β-unsaturated/α-hetero) is 2. The van der Waals surface area contributed by atoms with Crippen LogP contribution in [0.4, 0.5) is 10.1 Å². The Labute approximate surface area is 247 Å². The number of ether oxygens (including phenoxy) is 2. The van der Waals surface area contributed by atoms with E-state index in [1.807, 2.05) is 59.5 Å². The van der Waals surface area contributed by atoms with Crippen molar-refractivity contribution < 1.29 is 28.2 Å². The van der Waals surface area contributed by atoms with E-state index in [-0.39, 0.29) is 22.8 Å². The molecule has 1 spiro atoms. The number of rotatable bonds is 6. The fourth-order valence-corrected chi connectivity index (χ4v) is 7.12. The van der Waals surface area contributed by atoms with E-state index in [2.05, 4.69) is 5.32 Å². The quantitative estimate of drug-likeness (QED) is 0.292. The summed E-state index contributed by atoms with van der Waals surface area (Å²) in [5.74, 6) is -1.99. The molecule has 0 unspecified atom stereocenters. The Kier molecular flexibility index (Phi) is 6.16. The highest BCUT2D eigenvalue weighted by Crippen LogP contribution is 2.62. The predicted molar refractivity (Wildman–Crippen MR) is 159 cm³/mol. The molecule has 1 saturated heterocycles. The molecule has 0 aromatic heterocycles. The molecule has 43 heavy (non-hydrogen) atoms. The minimum absolute atomic E-state index is 0.242. The third-order valence-corrected chi connectivity index (χ3v) is 8.92. The molecule has 4 aromatic rings. The zero-order chi connectivity index (χ0) is 29.9. The minimum Gasteiger partial charge on any atom is -0.493 e. The molecular weight excluding hydrogens is 547 g/mol. The molecule has 1 N–H and O–H groups in total. The topological polar surface area (TPSA) is 84.9 Å². The Hall–Kier alpha value is -5.24. The maximum atomic E-state index is 14.9. The van der Waals surface area contributed by atoms with Gasteiger partial charge in [-0.05, 0) is 71.3 Å². The number of hydrogen-bond acceptors (Lipinski definition) is 6. The molecule has 3 heterocycles. The molecule has 0 saturated carbocycles. The molecule has 0 radical (unpaired) electrons. The summed E-state index contributed by atoms with van der Waals surface area (Å²) in [6, 6.07) is 23.4. The van der Waals surface area contributed by atoms with Gasteiger partial charge in [-0.25, -0.2) is 4.39 Å². The number of methoxy groups -OCH3 is 2. The predicted octanol–water partition coefficient (Wildman–Crippen LogP) is 5.82. The van der Waals surface area contributed by atoms with Gasteiger partial charge in [0.2, 0.25) is 5.91 Å². The van der Waals surface area contributed by atoms with Crippen LogP contribution in [0.25, 0.3) is 6.08 Å². The van der Waals surface area contributed by atoms with Gasteiger partial charge in [-0.3, -0.25) is 14.4 Å². The molecule has 3 aliphatic rings. The first-order valence-electron chi connectivity index (χ1n) is 13.9. The maximum Gasteiger partial charge on any atom is 0.238 e. The molecule has 214 valence electrons. The van der Waals surface area contributed by atoms with Crippen molar-refractivity contribution in [2.24, 2.45) is 5.92 Å². The summed E-state index contributed by atoms with van der Waals surface area (Å²) in [5, 5.41) is 3.03. The van der Waals surface area contributed by atoms with Crippen molar-refractivity contribution in [1.29, 1.82) is 0 Å². The Morgan fingerprint density at radius 3 is 2.30 bits per heavy atom. The van der Waals surface area contributed by atoms with E-state index in [1.54, 1.807) is 24.4 Å². The van der Waals surface area contributed by atoms with Crippen LogP contribution in [0.2, 0.25) is 0 Å². The molecule has 8 heteroatoms. The second-order valence-electron chi connectivity index (χ2n) is 10.9. The standard InChI is InChI=1S/C35H27FN2O5/c1-42-27-16-13-22(19-28(27)43-2)31(39)29-30(32(40)21-11-14-23(36)15-12-21)38-18-17-20-7-3-4-8-24(20)33(38)35(29)25-9-5-6-10-26(25)37-34(35)41/h3-19,29-30,33H,1-2H3,(H,37,41)/t29-,30-,33+,35+/m0/s1. The van der Waals surface area contributed by atoms with Crippen LogP contribution in [0.1, 0.15) is 43.4 Å². The lowest BCUT2D eigenvalue weighted by molar-refractivity contribution is -0.122. The lowest BCUT2D eigenvalue weighted by Gasteiger charge is -2.38. The lowest BCUT2D eigenvalue weighted by Crippen LogP contribution is -2.49. The van der Waals surface area contributed by atoms with E-state index >= 15 is 0 Å². The number of para-hydroxylation sites is 1. The van der Waals surface area contributed by atoms with E-state index in [9.17, 15) is 18.8 Å². The zero-order valence-electron chi connectivity index (χ0n) is 23.4. The highest BCUT2D eigenvalue weighted by Gasteiger charge is 2.70. The average molecular weight is 575 g/mol. The molecule has 3 aliphatic heterocycles. The first-order valence-corrected chi connectivity index (χ1v) is 13.9. The molecule has 4 aromatic carbocycles. The Morgan fingerprint density at radius 2 is 1.53 bits per heavy atom. The summed E-state index contributed by atoms with van der Waals surface area (Å²) in [7, 11) is 2.98. The van der Waals surface area contributed by atoms with Crippen molar-refractivity contribution >= 4 is 29.2 Å². The number of hydrogen-bond donors (Lipinski definition) is 1. The van der Waals surface area contributed by atoms with E-state index in [4.69, 9.17) is 9.47 Å².